The molecule has 1 aromatic rings. The smallest absolute Gasteiger partial charge is 0.254 e. The molecule has 2 amide bonds. The number of aromatic nitrogens is 1. The molecule has 0 atom stereocenters. The minimum Gasteiger partial charge on any atom is -0.292 e. The van der Waals surface area contributed by atoms with Gasteiger partial charge in [-0.15, -0.1) is 0 Å². The lowest BCUT2D eigenvalue weighted by molar-refractivity contribution is -0.124. The Hall–Kier alpha value is -1.97. The van der Waals surface area contributed by atoms with E-state index in [2.05, 4.69) is 10.3 Å². The van der Waals surface area contributed by atoms with Crippen molar-refractivity contribution in [1.82, 2.24) is 10.3 Å². The third-order valence-corrected chi connectivity index (χ3v) is 1.91. The Balaban J connectivity index is 2.28. The average Bonchev–Trinajstić information content (AvgIpc) is 2.47. The Labute approximate surface area is 80.7 Å². The van der Waals surface area contributed by atoms with Gasteiger partial charge in [0, 0.05) is 11.8 Å². The number of nitrogens with zero attached hydrogens (tertiary/aromatic N) is 1. The summed E-state index contributed by atoms with van der Waals surface area (Å²) in [6.07, 6.45) is 3.41. The third-order valence-electron chi connectivity index (χ3n) is 1.91. The number of amides is 2. The second-order valence-electron chi connectivity index (χ2n) is 2.98. The first-order chi connectivity index (χ1) is 6.75. The van der Waals surface area contributed by atoms with Crippen molar-refractivity contribution in [3.05, 3.63) is 35.7 Å². The summed E-state index contributed by atoms with van der Waals surface area (Å²) in [7, 11) is 0. The maximum absolute atomic E-state index is 11.2. The van der Waals surface area contributed by atoms with E-state index in [9.17, 15) is 9.59 Å². The van der Waals surface area contributed by atoms with Crippen LogP contribution in [0.15, 0.2) is 30.0 Å². The first-order valence-electron chi connectivity index (χ1n) is 4.21. The van der Waals surface area contributed by atoms with Gasteiger partial charge in [0.15, 0.2) is 0 Å². The maximum Gasteiger partial charge on any atom is 0.254 e. The van der Waals surface area contributed by atoms with Gasteiger partial charge in [-0.25, -0.2) is 0 Å². The van der Waals surface area contributed by atoms with Crippen LogP contribution >= 0.6 is 0 Å². The molecule has 1 aliphatic heterocycles. The lowest BCUT2D eigenvalue weighted by atomic mass is 10.2. The average molecular weight is 188 g/mol. The predicted octanol–water partition coefficient (Wildman–Crippen LogP) is 0.511. The quantitative estimate of drug-likeness (QED) is 0.516. The number of nitrogens with one attached hydrogen (secondary N) is 1. The van der Waals surface area contributed by atoms with Crippen LogP contribution in [0.3, 0.4) is 0 Å². The van der Waals surface area contributed by atoms with Crippen LogP contribution in [0.5, 0.6) is 0 Å². The van der Waals surface area contributed by atoms with E-state index in [0.717, 1.165) is 0 Å². The van der Waals surface area contributed by atoms with E-state index in [4.69, 9.17) is 0 Å². The summed E-state index contributed by atoms with van der Waals surface area (Å²) >= 11 is 0. The second kappa shape index (κ2) is 3.41. The summed E-state index contributed by atoms with van der Waals surface area (Å²) in [4.78, 5) is 26.1. The van der Waals surface area contributed by atoms with E-state index < -0.39 is 0 Å². The normalized spacial score (nSPS) is 18.7. The zero-order valence-corrected chi connectivity index (χ0v) is 7.36. The number of carbonyl (C=O) groups excluding carboxylic acids is 2. The Morgan fingerprint density at radius 3 is 2.79 bits per heavy atom. The molecule has 0 radical (unpaired) electrons. The van der Waals surface area contributed by atoms with E-state index >= 15 is 0 Å². The van der Waals surface area contributed by atoms with Crippen molar-refractivity contribution < 1.29 is 9.59 Å². The van der Waals surface area contributed by atoms with Crippen LogP contribution in [-0.2, 0) is 9.59 Å². The Bertz CT molecular complexity index is 409. The number of carbonyl (C=O) groups is 2. The number of pyridine rings is 1. The molecule has 0 saturated carbocycles. The van der Waals surface area contributed by atoms with Crippen molar-refractivity contribution in [3.8, 4) is 0 Å². The van der Waals surface area contributed by atoms with Gasteiger partial charge in [-0.1, -0.05) is 6.07 Å². The lowest BCUT2D eigenvalue weighted by Gasteiger charge is -1.92. The SMILES string of the molecule is O=C1C/C(=C\c2ccccn2)C(=O)N1. The molecule has 4 heteroatoms. The fraction of sp³-hybridized carbons (Fsp3) is 0.100. The zero-order valence-electron chi connectivity index (χ0n) is 7.36. The van der Waals surface area contributed by atoms with E-state index in [-0.39, 0.29) is 18.2 Å². The fourth-order valence-corrected chi connectivity index (χ4v) is 1.26. The second-order valence-corrected chi connectivity index (χ2v) is 2.98. The van der Waals surface area contributed by atoms with Crippen LogP contribution in [0, 0.1) is 0 Å². The molecule has 1 saturated heterocycles. The summed E-state index contributed by atoms with van der Waals surface area (Å²) in [5.41, 5.74) is 1.15. The van der Waals surface area contributed by atoms with E-state index in [0.29, 0.717) is 11.3 Å². The van der Waals surface area contributed by atoms with Crippen molar-refractivity contribution >= 4 is 17.9 Å². The van der Waals surface area contributed by atoms with E-state index in [1.54, 1.807) is 24.4 Å². The Morgan fingerprint density at radius 2 is 2.21 bits per heavy atom. The molecule has 1 N–H and O–H groups in total. The van der Waals surface area contributed by atoms with Crippen LogP contribution in [0.25, 0.3) is 6.08 Å². The highest BCUT2D eigenvalue weighted by Gasteiger charge is 2.23. The molecule has 0 bridgehead atoms. The molecule has 0 unspecified atom stereocenters. The first kappa shape index (κ1) is 8.62. The number of hydrogen-bond donors (Lipinski definition) is 1. The summed E-state index contributed by atoms with van der Waals surface area (Å²) in [5, 5.41) is 2.21. The van der Waals surface area contributed by atoms with Crippen LogP contribution < -0.4 is 5.32 Å². The lowest BCUT2D eigenvalue weighted by Crippen LogP contribution is -2.19. The standard InChI is InChI=1S/C10H8N2O2/c13-9-6-7(10(14)12-9)5-8-3-1-2-4-11-8/h1-5H,6H2,(H,12,13,14)/b7-5+. The van der Waals surface area contributed by atoms with Crippen LogP contribution in [-0.4, -0.2) is 16.8 Å². The molecule has 1 aromatic heterocycles. The van der Waals surface area contributed by atoms with Crippen molar-refractivity contribution in [1.29, 1.82) is 0 Å². The minimum atomic E-state index is -0.319. The number of hydrogen-bond acceptors (Lipinski definition) is 3. The molecular formula is C10H8N2O2. The Kier molecular flexibility index (Phi) is 2.10. The molecular weight excluding hydrogens is 180 g/mol. The third kappa shape index (κ3) is 1.69. The highest BCUT2D eigenvalue weighted by atomic mass is 16.2. The van der Waals surface area contributed by atoms with Crippen LogP contribution in [0.1, 0.15) is 12.1 Å². The highest BCUT2D eigenvalue weighted by Crippen LogP contribution is 2.12. The molecule has 70 valence electrons. The molecule has 1 aliphatic rings. The summed E-state index contributed by atoms with van der Waals surface area (Å²) < 4.78 is 0. The van der Waals surface area contributed by atoms with Gasteiger partial charge in [0.05, 0.1) is 12.1 Å². The molecule has 2 rings (SSSR count). The molecule has 4 nitrogen and oxygen atoms in total. The zero-order chi connectivity index (χ0) is 9.97. The van der Waals surface area contributed by atoms with Gasteiger partial charge in [-0.05, 0) is 18.2 Å². The van der Waals surface area contributed by atoms with Gasteiger partial charge in [-0.3, -0.25) is 19.9 Å². The molecule has 1 fully saturated rings. The van der Waals surface area contributed by atoms with E-state index in [1.165, 1.54) is 0 Å². The van der Waals surface area contributed by atoms with Crippen molar-refractivity contribution in [2.24, 2.45) is 0 Å². The largest absolute Gasteiger partial charge is 0.292 e. The summed E-state index contributed by atoms with van der Waals surface area (Å²) in [6.45, 7) is 0. The first-order valence-corrected chi connectivity index (χ1v) is 4.21. The molecule has 0 aromatic carbocycles. The number of imide groups is 1. The Morgan fingerprint density at radius 1 is 1.36 bits per heavy atom. The minimum absolute atomic E-state index is 0.148. The maximum atomic E-state index is 11.2. The topological polar surface area (TPSA) is 59.1 Å². The molecule has 2 heterocycles. The van der Waals surface area contributed by atoms with Gasteiger partial charge in [0.1, 0.15) is 0 Å². The van der Waals surface area contributed by atoms with Gasteiger partial charge in [0.25, 0.3) is 5.91 Å². The van der Waals surface area contributed by atoms with Gasteiger partial charge < -0.3 is 0 Å². The van der Waals surface area contributed by atoms with Crippen molar-refractivity contribution in [2.75, 3.05) is 0 Å². The van der Waals surface area contributed by atoms with E-state index in [1.807, 2.05) is 6.07 Å². The monoisotopic (exact) mass is 188 g/mol. The summed E-state index contributed by atoms with van der Waals surface area (Å²) in [6, 6.07) is 5.40. The van der Waals surface area contributed by atoms with Crippen molar-refractivity contribution in [2.45, 2.75) is 6.42 Å². The number of rotatable bonds is 1. The van der Waals surface area contributed by atoms with Gasteiger partial charge in [0.2, 0.25) is 5.91 Å². The summed E-state index contributed by atoms with van der Waals surface area (Å²) in [5.74, 6) is -0.571. The molecule has 0 spiro atoms. The van der Waals surface area contributed by atoms with Gasteiger partial charge in [-0.2, -0.15) is 0 Å². The fourth-order valence-electron chi connectivity index (χ4n) is 1.26. The van der Waals surface area contributed by atoms with Crippen LogP contribution in [0.4, 0.5) is 0 Å². The molecule has 0 aliphatic carbocycles. The highest BCUT2D eigenvalue weighted by molar-refractivity contribution is 6.15. The van der Waals surface area contributed by atoms with Crippen molar-refractivity contribution in [3.63, 3.8) is 0 Å². The molecule has 14 heavy (non-hydrogen) atoms. The van der Waals surface area contributed by atoms with Gasteiger partial charge >= 0.3 is 0 Å². The van der Waals surface area contributed by atoms with Crippen LogP contribution in [0.2, 0.25) is 0 Å². The predicted molar refractivity (Wildman–Crippen MR) is 50.0 cm³/mol.